The van der Waals surface area contributed by atoms with Crippen molar-refractivity contribution in [1.29, 1.82) is 0 Å². The van der Waals surface area contributed by atoms with E-state index in [2.05, 4.69) is 17.6 Å². The molecule has 0 unspecified atom stereocenters. The van der Waals surface area contributed by atoms with Crippen molar-refractivity contribution in [1.82, 2.24) is 10.6 Å². The Hall–Kier alpha value is -0.610. The highest BCUT2D eigenvalue weighted by Gasteiger charge is 2.36. The predicted molar refractivity (Wildman–Crippen MR) is 71.2 cm³/mol. The van der Waals surface area contributed by atoms with Gasteiger partial charge in [0.25, 0.3) is 0 Å². The van der Waals surface area contributed by atoms with E-state index in [1.165, 1.54) is 0 Å². The summed E-state index contributed by atoms with van der Waals surface area (Å²) in [5, 5.41) is 16.0. The molecule has 2 rings (SSSR count). The predicted octanol–water partition coefficient (Wildman–Crippen LogP) is 1.19. The van der Waals surface area contributed by atoms with Gasteiger partial charge in [-0.3, -0.25) is 4.79 Å². The van der Waals surface area contributed by atoms with Crippen LogP contribution in [0.5, 0.6) is 0 Å². The summed E-state index contributed by atoms with van der Waals surface area (Å²) in [7, 11) is 0. The molecule has 2 aliphatic rings. The Balaban J connectivity index is 1.90. The van der Waals surface area contributed by atoms with Gasteiger partial charge in [-0.2, -0.15) is 0 Å². The molecular weight excluding hydrogens is 228 g/mol. The minimum absolute atomic E-state index is 0.0541. The average Bonchev–Trinajstić information content (AvgIpc) is 2.43. The Labute approximate surface area is 110 Å². The lowest BCUT2D eigenvalue weighted by atomic mass is 9.77. The van der Waals surface area contributed by atoms with E-state index in [1.54, 1.807) is 0 Å². The van der Waals surface area contributed by atoms with Gasteiger partial charge in [-0.1, -0.05) is 13.3 Å². The second-order valence-corrected chi connectivity index (χ2v) is 6.11. The van der Waals surface area contributed by atoms with E-state index in [0.29, 0.717) is 0 Å². The first-order valence-electron chi connectivity index (χ1n) is 7.31. The Morgan fingerprint density at radius 3 is 2.61 bits per heavy atom. The van der Waals surface area contributed by atoms with Crippen LogP contribution in [-0.4, -0.2) is 35.7 Å². The number of rotatable bonds is 3. The second-order valence-electron chi connectivity index (χ2n) is 6.11. The van der Waals surface area contributed by atoms with Gasteiger partial charge in [0.15, 0.2) is 0 Å². The van der Waals surface area contributed by atoms with Crippen molar-refractivity contribution in [3.05, 3.63) is 0 Å². The SMILES string of the molecule is CC1CCC(CO)(NC(=O)[C@@H]2CCCCN2)CC1. The number of aliphatic hydroxyl groups excluding tert-OH is 1. The third-order valence-corrected chi connectivity index (χ3v) is 4.55. The number of nitrogens with one attached hydrogen (secondary N) is 2. The zero-order chi connectivity index (χ0) is 13.0. The van der Waals surface area contributed by atoms with Gasteiger partial charge in [0.05, 0.1) is 18.2 Å². The topological polar surface area (TPSA) is 61.4 Å². The summed E-state index contributed by atoms with van der Waals surface area (Å²) in [6.45, 7) is 3.24. The number of hydrogen-bond acceptors (Lipinski definition) is 3. The third kappa shape index (κ3) is 3.23. The van der Waals surface area contributed by atoms with E-state index in [1.807, 2.05) is 0 Å². The molecule has 0 aromatic heterocycles. The molecule has 4 nitrogen and oxygen atoms in total. The highest BCUT2D eigenvalue weighted by molar-refractivity contribution is 5.82. The van der Waals surface area contributed by atoms with Crippen molar-refractivity contribution in [2.24, 2.45) is 5.92 Å². The first-order chi connectivity index (χ1) is 8.65. The van der Waals surface area contributed by atoms with Crippen LogP contribution in [0.4, 0.5) is 0 Å². The van der Waals surface area contributed by atoms with Gasteiger partial charge < -0.3 is 15.7 Å². The smallest absolute Gasteiger partial charge is 0.237 e. The maximum absolute atomic E-state index is 12.2. The zero-order valence-electron chi connectivity index (χ0n) is 11.4. The average molecular weight is 254 g/mol. The molecule has 1 atom stereocenters. The fourth-order valence-corrected chi connectivity index (χ4v) is 3.06. The Morgan fingerprint density at radius 2 is 2.06 bits per heavy atom. The Morgan fingerprint density at radius 1 is 1.33 bits per heavy atom. The molecule has 2 fully saturated rings. The molecule has 3 N–H and O–H groups in total. The molecule has 0 radical (unpaired) electrons. The third-order valence-electron chi connectivity index (χ3n) is 4.55. The molecule has 18 heavy (non-hydrogen) atoms. The molecule has 1 heterocycles. The molecule has 0 aromatic carbocycles. The second kappa shape index (κ2) is 6.02. The molecule has 1 saturated heterocycles. The van der Waals surface area contributed by atoms with Gasteiger partial charge in [-0.05, 0) is 51.0 Å². The van der Waals surface area contributed by atoms with Gasteiger partial charge in [-0.15, -0.1) is 0 Å². The minimum atomic E-state index is -0.358. The lowest BCUT2D eigenvalue weighted by Gasteiger charge is -2.40. The molecule has 0 spiro atoms. The van der Waals surface area contributed by atoms with Crippen LogP contribution in [0, 0.1) is 5.92 Å². The van der Waals surface area contributed by atoms with Crippen molar-refractivity contribution in [3.63, 3.8) is 0 Å². The van der Waals surface area contributed by atoms with Crippen LogP contribution in [-0.2, 0) is 4.79 Å². The maximum atomic E-state index is 12.2. The van der Waals surface area contributed by atoms with Crippen LogP contribution >= 0.6 is 0 Å². The van der Waals surface area contributed by atoms with Crippen molar-refractivity contribution >= 4 is 5.91 Å². The molecule has 0 bridgehead atoms. The van der Waals surface area contributed by atoms with Crippen molar-refractivity contribution in [2.45, 2.75) is 63.5 Å². The Kier molecular flexibility index (Phi) is 4.62. The number of amides is 1. The standard InChI is InChI=1S/C14H26N2O2/c1-11-5-7-14(10-17,8-6-11)16-13(18)12-4-2-3-9-15-12/h11-12,15,17H,2-10H2,1H3,(H,16,18)/t11?,12-,14?/m0/s1. The first-order valence-corrected chi connectivity index (χ1v) is 7.31. The number of piperidine rings is 1. The Bertz CT molecular complexity index is 280. The number of carbonyl (C=O) groups is 1. The van der Waals surface area contributed by atoms with Gasteiger partial charge in [0.2, 0.25) is 5.91 Å². The van der Waals surface area contributed by atoms with E-state index in [9.17, 15) is 9.90 Å². The summed E-state index contributed by atoms with van der Waals surface area (Å²) in [4.78, 5) is 12.2. The number of aliphatic hydroxyl groups is 1. The number of carbonyl (C=O) groups excluding carboxylic acids is 1. The van der Waals surface area contributed by atoms with E-state index in [4.69, 9.17) is 0 Å². The van der Waals surface area contributed by atoms with Crippen LogP contribution in [0.25, 0.3) is 0 Å². The summed E-state index contributed by atoms with van der Waals surface area (Å²) < 4.78 is 0. The summed E-state index contributed by atoms with van der Waals surface area (Å²) in [5.74, 6) is 0.799. The van der Waals surface area contributed by atoms with Crippen LogP contribution in [0.15, 0.2) is 0 Å². The van der Waals surface area contributed by atoms with Gasteiger partial charge >= 0.3 is 0 Å². The molecule has 1 aliphatic carbocycles. The van der Waals surface area contributed by atoms with Crippen LogP contribution in [0.1, 0.15) is 51.9 Å². The first kappa shape index (κ1) is 13.8. The van der Waals surface area contributed by atoms with E-state index < -0.39 is 0 Å². The molecule has 4 heteroatoms. The molecular formula is C14H26N2O2. The highest BCUT2D eigenvalue weighted by Crippen LogP contribution is 2.31. The van der Waals surface area contributed by atoms with E-state index >= 15 is 0 Å². The summed E-state index contributed by atoms with van der Waals surface area (Å²) >= 11 is 0. The quantitative estimate of drug-likeness (QED) is 0.709. The normalized spacial score (nSPS) is 37.2. The lowest BCUT2D eigenvalue weighted by Crippen LogP contribution is -2.58. The monoisotopic (exact) mass is 254 g/mol. The summed E-state index contributed by atoms with van der Waals surface area (Å²) in [5.41, 5.74) is -0.358. The molecule has 1 saturated carbocycles. The summed E-state index contributed by atoms with van der Waals surface area (Å²) in [6.07, 6.45) is 7.20. The van der Waals surface area contributed by atoms with Crippen molar-refractivity contribution in [2.75, 3.05) is 13.2 Å². The summed E-state index contributed by atoms with van der Waals surface area (Å²) in [6, 6.07) is -0.0541. The van der Waals surface area contributed by atoms with E-state index in [-0.39, 0.29) is 24.1 Å². The lowest BCUT2D eigenvalue weighted by molar-refractivity contribution is -0.127. The van der Waals surface area contributed by atoms with Crippen LogP contribution < -0.4 is 10.6 Å². The van der Waals surface area contributed by atoms with Crippen molar-refractivity contribution in [3.8, 4) is 0 Å². The minimum Gasteiger partial charge on any atom is -0.394 e. The highest BCUT2D eigenvalue weighted by atomic mass is 16.3. The van der Waals surface area contributed by atoms with Crippen LogP contribution in [0.3, 0.4) is 0 Å². The van der Waals surface area contributed by atoms with Gasteiger partial charge in [0.1, 0.15) is 0 Å². The molecule has 0 aromatic rings. The number of hydrogen-bond donors (Lipinski definition) is 3. The fraction of sp³-hybridized carbons (Fsp3) is 0.929. The van der Waals surface area contributed by atoms with Gasteiger partial charge in [-0.25, -0.2) is 0 Å². The fourth-order valence-electron chi connectivity index (χ4n) is 3.06. The van der Waals surface area contributed by atoms with Crippen LogP contribution in [0.2, 0.25) is 0 Å². The molecule has 1 aliphatic heterocycles. The largest absolute Gasteiger partial charge is 0.394 e. The molecule has 1 amide bonds. The zero-order valence-corrected chi connectivity index (χ0v) is 11.4. The molecule has 104 valence electrons. The van der Waals surface area contributed by atoms with Crippen molar-refractivity contribution < 1.29 is 9.90 Å². The van der Waals surface area contributed by atoms with Gasteiger partial charge in [0, 0.05) is 0 Å². The maximum Gasteiger partial charge on any atom is 0.237 e. The van der Waals surface area contributed by atoms with E-state index in [0.717, 1.165) is 57.4 Å².